The van der Waals surface area contributed by atoms with E-state index in [1.165, 1.54) is 0 Å². The Balaban J connectivity index is 2.00. The summed E-state index contributed by atoms with van der Waals surface area (Å²) in [4.78, 5) is 45.4. The van der Waals surface area contributed by atoms with E-state index < -0.39 is 29.9 Å². The van der Waals surface area contributed by atoms with E-state index in [4.69, 9.17) is 28.0 Å². The van der Waals surface area contributed by atoms with Crippen molar-refractivity contribution in [3.05, 3.63) is 70.4 Å². The predicted octanol–water partition coefficient (Wildman–Crippen LogP) is 2.80. The van der Waals surface area contributed by atoms with Gasteiger partial charge in [0.1, 0.15) is 12.1 Å². The van der Waals surface area contributed by atoms with Gasteiger partial charge < -0.3 is 48.8 Å². The maximum atomic E-state index is 14.4. The van der Waals surface area contributed by atoms with Gasteiger partial charge in [0.05, 0.1) is 6.04 Å². The van der Waals surface area contributed by atoms with E-state index in [0.717, 1.165) is 38.9 Å². The van der Waals surface area contributed by atoms with Crippen molar-refractivity contribution in [2.45, 2.75) is 116 Å². The highest BCUT2D eigenvalue weighted by Crippen LogP contribution is 2.38. The number of amides is 3. The van der Waals surface area contributed by atoms with Gasteiger partial charge in [0.2, 0.25) is 17.7 Å². The van der Waals surface area contributed by atoms with Gasteiger partial charge in [-0.15, -0.1) is 0 Å². The summed E-state index contributed by atoms with van der Waals surface area (Å²) >= 11 is 0. The highest BCUT2D eigenvalue weighted by atomic mass is 16.2. The van der Waals surface area contributed by atoms with Crippen LogP contribution >= 0.6 is 0 Å². The van der Waals surface area contributed by atoms with Crippen molar-refractivity contribution in [3.63, 3.8) is 0 Å². The number of H-pyrrole nitrogens is 1. The molecular weight excluding hydrogens is 683 g/mol. The van der Waals surface area contributed by atoms with Crippen LogP contribution in [-0.2, 0) is 38.1 Å². The molecule has 0 radical (unpaired) electrons. The number of nitrogens with one attached hydrogen (secondary N) is 8. The van der Waals surface area contributed by atoms with E-state index >= 15 is 0 Å². The molecular formula is C40H63N11O3. The fraction of sp³-hybridized carbons (Fsp3) is 0.525. The highest BCUT2D eigenvalue weighted by molar-refractivity contribution is 5.95. The number of fused-ring (bicyclic) bond motifs is 1. The maximum absolute atomic E-state index is 14.4. The predicted molar refractivity (Wildman–Crippen MR) is 217 cm³/mol. The third-order valence-electron chi connectivity index (χ3n) is 9.28. The van der Waals surface area contributed by atoms with Gasteiger partial charge in [-0.05, 0) is 67.2 Å². The molecule has 0 saturated heterocycles. The van der Waals surface area contributed by atoms with Gasteiger partial charge in [0.25, 0.3) is 0 Å². The zero-order valence-corrected chi connectivity index (χ0v) is 33.1. The third kappa shape index (κ3) is 13.1. The molecule has 0 saturated carbocycles. The quantitative estimate of drug-likeness (QED) is 0.0523. The fourth-order valence-electron chi connectivity index (χ4n) is 6.47. The molecule has 0 fully saturated rings. The molecule has 54 heavy (non-hydrogen) atoms. The molecule has 3 unspecified atom stereocenters. The van der Waals surface area contributed by atoms with Gasteiger partial charge in [-0.1, -0.05) is 83.5 Å². The zero-order valence-electron chi connectivity index (χ0n) is 33.1. The summed E-state index contributed by atoms with van der Waals surface area (Å²) in [6.45, 7) is 15.9. The smallest absolute Gasteiger partial charge is 0.243 e. The molecule has 296 valence electrons. The monoisotopic (exact) mass is 746 g/mol. The number of hydrogen-bond donors (Lipinski definition) is 11. The molecule has 0 bridgehead atoms. The summed E-state index contributed by atoms with van der Waals surface area (Å²) in [5.74, 6) is -1.73. The number of guanidine groups is 2. The van der Waals surface area contributed by atoms with Crippen LogP contribution < -0.4 is 43.8 Å². The number of hydrogen-bond acceptors (Lipinski definition) is 6. The topological polar surface area (TPSA) is 253 Å². The van der Waals surface area contributed by atoms with Gasteiger partial charge in [-0.25, -0.2) is 0 Å². The molecule has 0 aliphatic carbocycles. The molecule has 0 spiro atoms. The van der Waals surface area contributed by atoms with Crippen LogP contribution in [0.4, 0.5) is 0 Å². The summed E-state index contributed by atoms with van der Waals surface area (Å²) in [6, 6.07) is 11.2. The second-order valence-corrected chi connectivity index (χ2v) is 16.1. The fourth-order valence-corrected chi connectivity index (χ4v) is 6.47. The molecule has 0 aliphatic heterocycles. The summed E-state index contributed by atoms with van der Waals surface area (Å²) < 4.78 is 0. The van der Waals surface area contributed by atoms with Crippen LogP contribution in [0, 0.1) is 17.7 Å². The van der Waals surface area contributed by atoms with Crippen molar-refractivity contribution in [1.29, 1.82) is 10.8 Å². The maximum Gasteiger partial charge on any atom is 0.243 e. The molecule has 1 aromatic heterocycles. The highest BCUT2D eigenvalue weighted by Gasteiger charge is 2.33. The molecule has 3 aromatic rings. The number of benzene rings is 2. The Morgan fingerprint density at radius 2 is 1.35 bits per heavy atom. The van der Waals surface area contributed by atoms with Crippen molar-refractivity contribution in [1.82, 2.24) is 31.6 Å². The first-order valence-corrected chi connectivity index (χ1v) is 18.8. The second kappa shape index (κ2) is 19.3. The Kier molecular flexibility index (Phi) is 15.5. The lowest BCUT2D eigenvalue weighted by Crippen LogP contribution is -2.56. The van der Waals surface area contributed by atoms with Crippen LogP contribution in [-0.4, -0.2) is 72.4 Å². The van der Waals surface area contributed by atoms with Crippen molar-refractivity contribution in [2.75, 3.05) is 19.6 Å². The summed E-state index contributed by atoms with van der Waals surface area (Å²) in [6.07, 6.45) is 2.24. The van der Waals surface area contributed by atoms with Crippen molar-refractivity contribution >= 4 is 40.5 Å². The normalized spacial score (nSPS) is 13.4. The van der Waals surface area contributed by atoms with E-state index in [2.05, 4.69) is 92.2 Å². The lowest BCUT2D eigenvalue weighted by Gasteiger charge is -2.26. The van der Waals surface area contributed by atoms with Crippen LogP contribution in [0.25, 0.3) is 10.9 Å². The van der Waals surface area contributed by atoms with Crippen molar-refractivity contribution in [2.24, 2.45) is 17.2 Å². The van der Waals surface area contributed by atoms with E-state index in [1.807, 2.05) is 30.3 Å². The van der Waals surface area contributed by atoms with Crippen LogP contribution in [0.1, 0.15) is 95.2 Å². The summed E-state index contributed by atoms with van der Waals surface area (Å²) in [7, 11) is 0. The first kappa shape index (κ1) is 43.3. The van der Waals surface area contributed by atoms with Gasteiger partial charge in [0, 0.05) is 48.1 Å². The van der Waals surface area contributed by atoms with E-state index in [1.54, 1.807) is 0 Å². The minimum atomic E-state index is -1.08. The van der Waals surface area contributed by atoms with Crippen LogP contribution in [0.3, 0.4) is 0 Å². The first-order chi connectivity index (χ1) is 25.3. The molecule has 3 rings (SSSR count). The number of aryl methyl sites for hydroxylation is 1. The van der Waals surface area contributed by atoms with Gasteiger partial charge in [-0.2, -0.15) is 0 Å². The molecule has 3 atom stereocenters. The number of aromatic amines is 1. The number of carbonyl (C=O) groups excluding carboxylic acids is 3. The number of carbonyl (C=O) groups is 3. The van der Waals surface area contributed by atoms with Gasteiger partial charge in [0.15, 0.2) is 11.9 Å². The van der Waals surface area contributed by atoms with Crippen LogP contribution in [0.5, 0.6) is 0 Å². The van der Waals surface area contributed by atoms with Gasteiger partial charge >= 0.3 is 0 Å². The Morgan fingerprint density at radius 3 is 1.93 bits per heavy atom. The molecule has 2 aromatic carbocycles. The Hall–Kier alpha value is -5.11. The van der Waals surface area contributed by atoms with Crippen molar-refractivity contribution in [3.8, 4) is 0 Å². The third-order valence-corrected chi connectivity index (χ3v) is 9.28. The van der Waals surface area contributed by atoms with Gasteiger partial charge in [-0.3, -0.25) is 25.2 Å². The van der Waals surface area contributed by atoms with Crippen molar-refractivity contribution < 1.29 is 14.4 Å². The van der Waals surface area contributed by atoms with E-state index in [-0.39, 0.29) is 41.5 Å². The molecule has 0 aliphatic rings. The Bertz CT molecular complexity index is 1760. The van der Waals surface area contributed by atoms with E-state index in [9.17, 15) is 14.4 Å². The Labute approximate surface area is 319 Å². The minimum Gasteiger partial charge on any atom is -0.370 e. The lowest BCUT2D eigenvalue weighted by molar-refractivity contribution is -0.132. The largest absolute Gasteiger partial charge is 0.370 e. The average molecular weight is 746 g/mol. The molecule has 14 nitrogen and oxygen atoms in total. The van der Waals surface area contributed by atoms with Crippen LogP contribution in [0.15, 0.2) is 42.5 Å². The second-order valence-electron chi connectivity index (χ2n) is 16.1. The molecule has 3 amide bonds. The first-order valence-electron chi connectivity index (χ1n) is 18.8. The average Bonchev–Trinajstić information content (AvgIpc) is 3.45. The van der Waals surface area contributed by atoms with Crippen LogP contribution in [0.2, 0.25) is 0 Å². The summed E-state index contributed by atoms with van der Waals surface area (Å²) in [5.41, 5.74) is 22.8. The lowest BCUT2D eigenvalue weighted by atomic mass is 9.83. The number of nitrogens with two attached hydrogens (primary N) is 3. The van der Waals surface area contributed by atoms with E-state index in [0.29, 0.717) is 45.3 Å². The summed E-state index contributed by atoms with van der Waals surface area (Å²) in [5, 5.41) is 30.2. The zero-order chi connectivity index (χ0) is 40.2. The number of aromatic nitrogens is 1. The standard InChI is InChI=1S/C40H63N11O3/c1-24-21-26-27(33(40(5,6)7)51-32(26)28(22-24)39(2,3)4)23-31(50-34(52)29(41)15-11-18-47-37(42)43)36(54)49-30(16-12-19-48-38(44)45)35(53)46-20-17-25-13-9-8-10-14-25/h8-10,13-14,21-22,29-31,51H,11-12,15-20,23,41H2,1-7H3,(H,46,53)(H,49,54)(H,50,52)(H4,42,43,47)(H4,44,45,48). The molecule has 1 heterocycles. The molecule has 14 heteroatoms. The minimum absolute atomic E-state index is 0.143. The number of rotatable bonds is 18. The SMILES string of the molecule is Cc1cc(C(C)(C)C)c2[nH]c(C(C)(C)C)c(CC(NC(=O)C(N)CCCNC(=N)N)C(=O)NC(CCCNC(=N)N)C(=O)NCCc3ccccc3)c2c1. The molecule has 14 N–H and O–H groups in total. The Morgan fingerprint density at radius 1 is 0.759 bits per heavy atom.